The molecule has 1 rings (SSSR count). The van der Waals surface area contributed by atoms with Crippen LogP contribution in [0.5, 0.6) is 0 Å². The molecule has 0 heterocycles. The minimum atomic E-state index is -3.41. The third kappa shape index (κ3) is 2.73. The Balaban J connectivity index is 2.14. The smallest absolute Gasteiger partial charge is 0.336 e. The van der Waals surface area contributed by atoms with Crippen LogP contribution in [0.1, 0.15) is 12.8 Å². The molecule has 3 N–H and O–H groups in total. The number of carbonyl (C=O) groups excluding carboxylic acids is 1. The van der Waals surface area contributed by atoms with Crippen LogP contribution in [0.3, 0.4) is 0 Å². The maximum Gasteiger partial charge on any atom is 0.336 e. The van der Waals surface area contributed by atoms with Crippen molar-refractivity contribution in [3.05, 3.63) is 0 Å². The van der Waals surface area contributed by atoms with Crippen LogP contribution in [0.25, 0.3) is 0 Å². The Morgan fingerprint density at radius 1 is 1.58 bits per heavy atom. The molecule has 0 atom stereocenters. The van der Waals surface area contributed by atoms with Gasteiger partial charge >= 0.3 is 5.92 Å². The Morgan fingerprint density at radius 3 is 2.58 bits per heavy atom. The summed E-state index contributed by atoms with van der Waals surface area (Å²) in [5, 5.41) is 2.52. The predicted molar refractivity (Wildman–Crippen MR) is 39.7 cm³/mol. The summed E-state index contributed by atoms with van der Waals surface area (Å²) >= 11 is 0. The second-order valence-electron chi connectivity index (χ2n) is 3.14. The van der Waals surface area contributed by atoms with Crippen molar-refractivity contribution >= 4 is 5.91 Å². The zero-order valence-electron chi connectivity index (χ0n) is 6.65. The molecule has 1 amide bonds. The Labute approximate surface area is 69.3 Å². The second-order valence-corrected chi connectivity index (χ2v) is 3.14. The van der Waals surface area contributed by atoms with Crippen molar-refractivity contribution in [1.82, 2.24) is 5.32 Å². The highest BCUT2D eigenvalue weighted by Gasteiger charge is 2.36. The van der Waals surface area contributed by atoms with Crippen molar-refractivity contribution < 1.29 is 13.6 Å². The third-order valence-corrected chi connectivity index (χ3v) is 1.84. The van der Waals surface area contributed by atoms with E-state index < -0.39 is 18.4 Å². The predicted octanol–water partition coefficient (Wildman–Crippen LogP) is 0.107. The molecule has 0 radical (unpaired) electrons. The SMILES string of the molecule is NC(=O)C(F)(F)CNCC1CC1. The van der Waals surface area contributed by atoms with Crippen LogP contribution >= 0.6 is 0 Å². The molecule has 3 nitrogen and oxygen atoms in total. The quantitative estimate of drug-likeness (QED) is 0.627. The van der Waals surface area contributed by atoms with Gasteiger partial charge in [0.1, 0.15) is 0 Å². The van der Waals surface area contributed by atoms with Crippen LogP contribution in [-0.2, 0) is 4.79 Å². The van der Waals surface area contributed by atoms with Crippen molar-refractivity contribution in [2.24, 2.45) is 11.7 Å². The minimum Gasteiger partial charge on any atom is -0.364 e. The highest BCUT2D eigenvalue weighted by atomic mass is 19.3. The average molecular weight is 178 g/mol. The maximum atomic E-state index is 12.5. The molecule has 0 spiro atoms. The number of halogens is 2. The molecule has 12 heavy (non-hydrogen) atoms. The van der Waals surface area contributed by atoms with Crippen molar-refractivity contribution in [1.29, 1.82) is 0 Å². The first-order valence-corrected chi connectivity index (χ1v) is 3.91. The molecular weight excluding hydrogens is 166 g/mol. The van der Waals surface area contributed by atoms with Gasteiger partial charge in [-0.05, 0) is 25.3 Å². The molecule has 1 saturated carbocycles. The summed E-state index contributed by atoms with van der Waals surface area (Å²) < 4.78 is 25.0. The first-order valence-electron chi connectivity index (χ1n) is 3.91. The third-order valence-electron chi connectivity index (χ3n) is 1.84. The molecule has 0 aliphatic heterocycles. The standard InChI is InChI=1S/C7H12F2N2O/c8-7(9,6(10)12)4-11-3-5-1-2-5/h5,11H,1-4H2,(H2,10,12). The van der Waals surface area contributed by atoms with E-state index in [1.165, 1.54) is 0 Å². The van der Waals surface area contributed by atoms with Crippen molar-refractivity contribution in [2.45, 2.75) is 18.8 Å². The first-order chi connectivity index (χ1) is 5.52. The normalized spacial score (nSPS) is 17.8. The van der Waals surface area contributed by atoms with Crippen molar-refractivity contribution in [3.8, 4) is 0 Å². The van der Waals surface area contributed by atoms with Crippen LogP contribution in [-0.4, -0.2) is 24.9 Å². The van der Waals surface area contributed by atoms with Gasteiger partial charge in [0.05, 0.1) is 6.54 Å². The van der Waals surface area contributed by atoms with Crippen LogP contribution < -0.4 is 11.1 Å². The maximum absolute atomic E-state index is 12.5. The van der Waals surface area contributed by atoms with Gasteiger partial charge < -0.3 is 11.1 Å². The minimum absolute atomic E-state index is 0.522. The summed E-state index contributed by atoms with van der Waals surface area (Å²) in [6.45, 7) is -0.0816. The molecule has 0 aromatic rings. The lowest BCUT2D eigenvalue weighted by molar-refractivity contribution is -0.141. The monoisotopic (exact) mass is 178 g/mol. The van der Waals surface area contributed by atoms with Crippen LogP contribution in [0.4, 0.5) is 8.78 Å². The number of hydrogen-bond acceptors (Lipinski definition) is 2. The number of hydrogen-bond donors (Lipinski definition) is 2. The van der Waals surface area contributed by atoms with Gasteiger partial charge in [-0.3, -0.25) is 4.79 Å². The number of rotatable bonds is 5. The first kappa shape index (κ1) is 9.38. The highest BCUT2D eigenvalue weighted by Crippen LogP contribution is 2.27. The largest absolute Gasteiger partial charge is 0.364 e. The van der Waals surface area contributed by atoms with Crippen LogP contribution in [0, 0.1) is 5.92 Å². The highest BCUT2D eigenvalue weighted by molar-refractivity contribution is 5.81. The molecule has 1 aliphatic rings. The van der Waals surface area contributed by atoms with Gasteiger partial charge in [-0.1, -0.05) is 0 Å². The molecule has 70 valence electrons. The van der Waals surface area contributed by atoms with E-state index in [-0.39, 0.29) is 0 Å². The van der Waals surface area contributed by atoms with E-state index in [9.17, 15) is 13.6 Å². The molecular formula is C7H12F2N2O. The van der Waals surface area contributed by atoms with E-state index in [0.29, 0.717) is 12.5 Å². The molecule has 0 bridgehead atoms. The second kappa shape index (κ2) is 3.35. The van der Waals surface area contributed by atoms with Crippen molar-refractivity contribution in [3.63, 3.8) is 0 Å². The number of amides is 1. The van der Waals surface area contributed by atoms with E-state index in [1.54, 1.807) is 0 Å². The summed E-state index contributed by atoms with van der Waals surface area (Å²) in [6, 6.07) is 0. The fourth-order valence-electron chi connectivity index (χ4n) is 0.842. The zero-order valence-corrected chi connectivity index (χ0v) is 6.65. The van der Waals surface area contributed by atoms with Crippen molar-refractivity contribution in [2.75, 3.05) is 13.1 Å². The van der Waals surface area contributed by atoms with Crippen LogP contribution in [0.2, 0.25) is 0 Å². The summed E-state index contributed by atoms with van der Waals surface area (Å²) in [7, 11) is 0. The Hall–Kier alpha value is -0.710. The number of carbonyl (C=O) groups is 1. The van der Waals surface area contributed by atoms with Gasteiger partial charge in [-0.25, -0.2) is 0 Å². The Kier molecular flexibility index (Phi) is 2.62. The topological polar surface area (TPSA) is 55.1 Å². The molecule has 0 aromatic heterocycles. The summed E-state index contributed by atoms with van der Waals surface area (Å²) in [5.41, 5.74) is 4.47. The molecule has 1 fully saturated rings. The van der Waals surface area contributed by atoms with E-state index >= 15 is 0 Å². The van der Waals surface area contributed by atoms with Gasteiger partial charge in [0.15, 0.2) is 0 Å². The zero-order chi connectivity index (χ0) is 9.19. The fraction of sp³-hybridized carbons (Fsp3) is 0.857. The van der Waals surface area contributed by atoms with Gasteiger partial charge in [-0.2, -0.15) is 8.78 Å². The molecule has 1 aliphatic carbocycles. The lowest BCUT2D eigenvalue weighted by Crippen LogP contribution is -2.44. The van der Waals surface area contributed by atoms with E-state index in [1.807, 2.05) is 0 Å². The van der Waals surface area contributed by atoms with E-state index in [2.05, 4.69) is 11.1 Å². The van der Waals surface area contributed by atoms with E-state index in [0.717, 1.165) is 12.8 Å². The molecule has 0 unspecified atom stereocenters. The summed E-state index contributed by atoms with van der Waals surface area (Å²) in [6.07, 6.45) is 2.18. The molecule has 5 heteroatoms. The summed E-state index contributed by atoms with van der Waals surface area (Å²) in [4.78, 5) is 10.1. The number of primary amides is 1. The van der Waals surface area contributed by atoms with Gasteiger partial charge in [0, 0.05) is 0 Å². The van der Waals surface area contributed by atoms with Gasteiger partial charge in [0.25, 0.3) is 5.91 Å². The fourth-order valence-corrected chi connectivity index (χ4v) is 0.842. The molecule has 0 saturated heterocycles. The van der Waals surface area contributed by atoms with E-state index in [4.69, 9.17) is 0 Å². The van der Waals surface area contributed by atoms with Crippen LogP contribution in [0.15, 0.2) is 0 Å². The number of alkyl halides is 2. The Bertz CT molecular complexity index is 180. The summed E-state index contributed by atoms with van der Waals surface area (Å²) in [5.74, 6) is -4.45. The lowest BCUT2D eigenvalue weighted by atomic mass is 10.3. The molecule has 0 aromatic carbocycles. The Morgan fingerprint density at radius 2 is 2.17 bits per heavy atom. The van der Waals surface area contributed by atoms with Gasteiger partial charge in [-0.15, -0.1) is 0 Å². The lowest BCUT2D eigenvalue weighted by Gasteiger charge is -2.12. The average Bonchev–Trinajstić information content (AvgIpc) is 2.70. The number of nitrogens with one attached hydrogen (secondary N) is 1. The van der Waals surface area contributed by atoms with Gasteiger partial charge in [0.2, 0.25) is 0 Å². The number of nitrogens with two attached hydrogens (primary N) is 1.